The summed E-state index contributed by atoms with van der Waals surface area (Å²) in [6, 6.07) is -0.0659. The van der Waals surface area contributed by atoms with Gasteiger partial charge in [0, 0.05) is 11.4 Å². The Kier molecular flexibility index (Phi) is 4.47. The molecule has 0 radical (unpaired) electrons. The van der Waals surface area contributed by atoms with Crippen LogP contribution < -0.4 is 10.5 Å². The van der Waals surface area contributed by atoms with Gasteiger partial charge < -0.3 is 15.2 Å². The molecule has 0 aliphatic rings. The summed E-state index contributed by atoms with van der Waals surface area (Å²) in [5, 5.41) is 2.05. The summed E-state index contributed by atoms with van der Waals surface area (Å²) in [5.74, 6) is -0.440. The number of thiazole rings is 1. The van der Waals surface area contributed by atoms with E-state index in [1.807, 2.05) is 27.7 Å². The fraction of sp³-hybridized carbons (Fsp3) is 0.636. The highest BCUT2D eigenvalue weighted by molar-refractivity contribution is 7.11. The standard InChI is InChI=1S/C11H18N2O3S/c1-7(12)5-15-10-13-8(6-17-10)9(14)16-11(2,3)4/h6-7H,5,12H2,1-4H3. The van der Waals surface area contributed by atoms with Gasteiger partial charge in [-0.25, -0.2) is 4.79 Å². The molecule has 1 heterocycles. The van der Waals surface area contributed by atoms with Crippen LogP contribution in [0.2, 0.25) is 0 Å². The Hall–Kier alpha value is -1.14. The van der Waals surface area contributed by atoms with Crippen LogP contribution in [0.4, 0.5) is 0 Å². The SMILES string of the molecule is CC(N)COc1nc(C(=O)OC(C)(C)C)cs1. The highest BCUT2D eigenvalue weighted by Gasteiger charge is 2.20. The first-order chi connectivity index (χ1) is 7.78. The predicted octanol–water partition coefficient (Wildman–Crippen LogP) is 1.82. The van der Waals surface area contributed by atoms with Crippen molar-refractivity contribution in [3.63, 3.8) is 0 Å². The smallest absolute Gasteiger partial charge is 0.358 e. The zero-order chi connectivity index (χ0) is 13.1. The number of rotatable bonds is 4. The molecule has 6 heteroatoms. The van der Waals surface area contributed by atoms with Crippen LogP contribution in [-0.4, -0.2) is 29.2 Å². The summed E-state index contributed by atoms with van der Waals surface area (Å²) in [6.07, 6.45) is 0. The van der Waals surface area contributed by atoms with E-state index in [-0.39, 0.29) is 11.7 Å². The monoisotopic (exact) mass is 258 g/mol. The lowest BCUT2D eigenvalue weighted by atomic mass is 10.2. The average molecular weight is 258 g/mol. The molecule has 0 aliphatic heterocycles. The molecule has 0 saturated heterocycles. The highest BCUT2D eigenvalue weighted by Crippen LogP contribution is 2.20. The van der Waals surface area contributed by atoms with Crippen molar-refractivity contribution < 1.29 is 14.3 Å². The molecule has 0 aliphatic carbocycles. The molecule has 1 unspecified atom stereocenters. The maximum atomic E-state index is 11.7. The molecule has 17 heavy (non-hydrogen) atoms. The molecular formula is C11H18N2O3S. The maximum absolute atomic E-state index is 11.7. The Morgan fingerprint density at radius 1 is 1.59 bits per heavy atom. The van der Waals surface area contributed by atoms with Gasteiger partial charge in [0.05, 0.1) is 0 Å². The molecule has 1 aromatic rings. The summed E-state index contributed by atoms with van der Waals surface area (Å²) in [5.41, 5.74) is 5.30. The molecule has 1 atom stereocenters. The summed E-state index contributed by atoms with van der Waals surface area (Å²) in [6.45, 7) is 7.64. The number of esters is 1. The molecule has 2 N–H and O–H groups in total. The molecule has 0 fully saturated rings. The minimum absolute atomic E-state index is 0.0659. The molecule has 1 aromatic heterocycles. The Labute approximate surface area is 105 Å². The molecule has 0 aromatic carbocycles. The van der Waals surface area contributed by atoms with E-state index in [0.29, 0.717) is 11.8 Å². The van der Waals surface area contributed by atoms with Gasteiger partial charge in [-0.3, -0.25) is 0 Å². The van der Waals surface area contributed by atoms with Crippen LogP contribution in [0.1, 0.15) is 38.2 Å². The normalized spacial score (nSPS) is 13.2. The third-order valence-electron chi connectivity index (χ3n) is 1.56. The Morgan fingerprint density at radius 3 is 2.76 bits per heavy atom. The van der Waals surface area contributed by atoms with E-state index in [1.54, 1.807) is 5.38 Å². The second-order valence-electron chi connectivity index (χ2n) is 4.79. The Balaban J connectivity index is 2.58. The van der Waals surface area contributed by atoms with Gasteiger partial charge in [-0.2, -0.15) is 4.98 Å². The van der Waals surface area contributed by atoms with Crippen molar-refractivity contribution in [2.24, 2.45) is 5.73 Å². The fourth-order valence-electron chi connectivity index (χ4n) is 0.950. The van der Waals surface area contributed by atoms with E-state index >= 15 is 0 Å². The van der Waals surface area contributed by atoms with Gasteiger partial charge in [-0.05, 0) is 27.7 Å². The van der Waals surface area contributed by atoms with Crippen molar-refractivity contribution in [2.75, 3.05) is 6.61 Å². The van der Waals surface area contributed by atoms with Gasteiger partial charge in [0.1, 0.15) is 12.2 Å². The van der Waals surface area contributed by atoms with E-state index in [1.165, 1.54) is 11.3 Å². The van der Waals surface area contributed by atoms with E-state index in [4.69, 9.17) is 15.2 Å². The topological polar surface area (TPSA) is 74.4 Å². The van der Waals surface area contributed by atoms with Crippen molar-refractivity contribution in [2.45, 2.75) is 39.3 Å². The molecule has 0 amide bonds. The molecule has 1 rings (SSSR count). The summed E-state index contributed by atoms with van der Waals surface area (Å²) >= 11 is 1.26. The molecule has 0 bridgehead atoms. The summed E-state index contributed by atoms with van der Waals surface area (Å²) < 4.78 is 10.5. The van der Waals surface area contributed by atoms with Crippen molar-refractivity contribution in [1.29, 1.82) is 0 Å². The van der Waals surface area contributed by atoms with E-state index in [0.717, 1.165) is 0 Å². The first-order valence-corrected chi connectivity index (χ1v) is 6.23. The van der Waals surface area contributed by atoms with E-state index < -0.39 is 11.6 Å². The number of hydrogen-bond acceptors (Lipinski definition) is 6. The number of nitrogens with zero attached hydrogens (tertiary/aromatic N) is 1. The first kappa shape index (κ1) is 13.9. The number of aromatic nitrogens is 1. The van der Waals surface area contributed by atoms with Gasteiger partial charge in [0.15, 0.2) is 5.69 Å². The van der Waals surface area contributed by atoms with Gasteiger partial charge in [0.25, 0.3) is 5.19 Å². The van der Waals surface area contributed by atoms with Crippen LogP contribution in [0.5, 0.6) is 5.19 Å². The van der Waals surface area contributed by atoms with Gasteiger partial charge in [0.2, 0.25) is 0 Å². The molecule has 5 nitrogen and oxygen atoms in total. The Bertz CT molecular complexity index is 382. The van der Waals surface area contributed by atoms with Gasteiger partial charge >= 0.3 is 5.97 Å². The highest BCUT2D eigenvalue weighted by atomic mass is 32.1. The molecule has 0 saturated carbocycles. The van der Waals surface area contributed by atoms with Gasteiger partial charge in [-0.1, -0.05) is 11.3 Å². The van der Waals surface area contributed by atoms with Crippen LogP contribution in [0.15, 0.2) is 5.38 Å². The number of carbonyl (C=O) groups excluding carboxylic acids is 1. The minimum Gasteiger partial charge on any atom is -0.468 e. The summed E-state index contributed by atoms with van der Waals surface area (Å²) in [7, 11) is 0. The average Bonchev–Trinajstić information content (AvgIpc) is 2.60. The third kappa shape index (κ3) is 5.14. The van der Waals surface area contributed by atoms with Gasteiger partial charge in [-0.15, -0.1) is 0 Å². The molecular weight excluding hydrogens is 240 g/mol. The maximum Gasteiger partial charge on any atom is 0.358 e. The third-order valence-corrected chi connectivity index (χ3v) is 2.31. The zero-order valence-electron chi connectivity index (χ0n) is 10.5. The van der Waals surface area contributed by atoms with E-state index in [9.17, 15) is 4.79 Å². The molecule has 96 valence electrons. The first-order valence-electron chi connectivity index (χ1n) is 5.35. The van der Waals surface area contributed by atoms with Crippen molar-refractivity contribution in [3.8, 4) is 5.19 Å². The Morgan fingerprint density at radius 2 is 2.24 bits per heavy atom. The largest absolute Gasteiger partial charge is 0.468 e. The molecule has 0 spiro atoms. The lowest BCUT2D eigenvalue weighted by Crippen LogP contribution is -2.24. The number of carbonyl (C=O) groups is 1. The second-order valence-corrected chi connectivity index (χ2v) is 5.61. The lowest BCUT2D eigenvalue weighted by molar-refractivity contribution is 0.00630. The summed E-state index contributed by atoms with van der Waals surface area (Å²) in [4.78, 5) is 15.7. The fourth-order valence-corrected chi connectivity index (χ4v) is 1.60. The van der Waals surface area contributed by atoms with Crippen molar-refractivity contribution in [3.05, 3.63) is 11.1 Å². The van der Waals surface area contributed by atoms with Crippen LogP contribution in [0.25, 0.3) is 0 Å². The number of ether oxygens (including phenoxy) is 2. The van der Waals surface area contributed by atoms with Crippen LogP contribution >= 0.6 is 11.3 Å². The predicted molar refractivity (Wildman–Crippen MR) is 66.4 cm³/mol. The van der Waals surface area contributed by atoms with Crippen molar-refractivity contribution >= 4 is 17.3 Å². The second kappa shape index (κ2) is 5.46. The zero-order valence-corrected chi connectivity index (χ0v) is 11.3. The number of hydrogen-bond donors (Lipinski definition) is 1. The number of nitrogens with two attached hydrogens (primary N) is 1. The van der Waals surface area contributed by atoms with Crippen molar-refractivity contribution in [1.82, 2.24) is 4.98 Å². The quantitative estimate of drug-likeness (QED) is 0.834. The van der Waals surface area contributed by atoms with Crippen LogP contribution in [0, 0.1) is 0 Å². The van der Waals surface area contributed by atoms with E-state index in [2.05, 4.69) is 4.98 Å². The van der Waals surface area contributed by atoms with Crippen LogP contribution in [0.3, 0.4) is 0 Å². The lowest BCUT2D eigenvalue weighted by Gasteiger charge is -2.18. The van der Waals surface area contributed by atoms with Crippen LogP contribution in [-0.2, 0) is 4.74 Å². The minimum atomic E-state index is -0.520.